The van der Waals surface area contributed by atoms with Crippen LogP contribution in [0.3, 0.4) is 0 Å². The predicted molar refractivity (Wildman–Crippen MR) is 61.5 cm³/mol. The SMILES string of the molecule is CCC[C@@H](N)C(=O)NCc1cnc(C)cn1. The van der Waals surface area contributed by atoms with Gasteiger partial charge in [0.15, 0.2) is 0 Å². The van der Waals surface area contributed by atoms with E-state index in [0.717, 1.165) is 17.8 Å². The van der Waals surface area contributed by atoms with Crippen LogP contribution >= 0.6 is 0 Å². The van der Waals surface area contributed by atoms with Crippen molar-refractivity contribution in [1.82, 2.24) is 15.3 Å². The van der Waals surface area contributed by atoms with Gasteiger partial charge in [0.2, 0.25) is 5.91 Å². The highest BCUT2D eigenvalue weighted by Gasteiger charge is 2.11. The first kappa shape index (κ1) is 12.6. The zero-order valence-corrected chi connectivity index (χ0v) is 9.73. The van der Waals surface area contributed by atoms with Crippen molar-refractivity contribution in [3.8, 4) is 0 Å². The van der Waals surface area contributed by atoms with Crippen molar-refractivity contribution in [2.75, 3.05) is 0 Å². The summed E-state index contributed by atoms with van der Waals surface area (Å²) in [6, 6.07) is -0.427. The van der Waals surface area contributed by atoms with Crippen LogP contribution in [0.15, 0.2) is 12.4 Å². The van der Waals surface area contributed by atoms with E-state index in [0.29, 0.717) is 13.0 Å². The second-order valence-electron chi connectivity index (χ2n) is 3.76. The number of rotatable bonds is 5. The first-order valence-corrected chi connectivity index (χ1v) is 5.44. The first-order valence-electron chi connectivity index (χ1n) is 5.44. The Balaban J connectivity index is 2.39. The summed E-state index contributed by atoms with van der Waals surface area (Å²) in [6.07, 6.45) is 4.93. The molecule has 0 radical (unpaired) electrons. The Hall–Kier alpha value is -1.49. The molecule has 16 heavy (non-hydrogen) atoms. The molecule has 0 saturated heterocycles. The van der Waals surface area contributed by atoms with Crippen LogP contribution < -0.4 is 11.1 Å². The Bertz CT molecular complexity index is 336. The number of carbonyl (C=O) groups is 1. The number of nitrogens with zero attached hydrogens (tertiary/aromatic N) is 2. The Morgan fingerprint density at radius 1 is 1.50 bits per heavy atom. The number of amides is 1. The monoisotopic (exact) mass is 222 g/mol. The van der Waals surface area contributed by atoms with E-state index in [-0.39, 0.29) is 5.91 Å². The van der Waals surface area contributed by atoms with Gasteiger partial charge in [0.1, 0.15) is 0 Å². The van der Waals surface area contributed by atoms with Gasteiger partial charge in [-0.1, -0.05) is 13.3 Å². The topological polar surface area (TPSA) is 80.9 Å². The maximum atomic E-state index is 11.5. The normalized spacial score (nSPS) is 12.2. The molecule has 0 aromatic carbocycles. The number of nitrogens with two attached hydrogens (primary N) is 1. The second kappa shape index (κ2) is 6.17. The van der Waals surface area contributed by atoms with Crippen LogP contribution in [0, 0.1) is 6.92 Å². The summed E-state index contributed by atoms with van der Waals surface area (Å²) in [5.41, 5.74) is 7.27. The molecule has 0 spiro atoms. The number of aryl methyl sites for hydroxylation is 1. The van der Waals surface area contributed by atoms with E-state index in [1.807, 2.05) is 13.8 Å². The van der Waals surface area contributed by atoms with Crippen LogP contribution in [0.4, 0.5) is 0 Å². The fourth-order valence-corrected chi connectivity index (χ4v) is 1.26. The average Bonchev–Trinajstić information content (AvgIpc) is 2.28. The van der Waals surface area contributed by atoms with E-state index in [9.17, 15) is 4.79 Å². The molecule has 5 heteroatoms. The van der Waals surface area contributed by atoms with Crippen LogP contribution in [-0.2, 0) is 11.3 Å². The minimum absolute atomic E-state index is 0.135. The van der Waals surface area contributed by atoms with Gasteiger partial charge in [-0.25, -0.2) is 0 Å². The molecule has 0 aliphatic heterocycles. The van der Waals surface area contributed by atoms with Gasteiger partial charge >= 0.3 is 0 Å². The lowest BCUT2D eigenvalue weighted by Crippen LogP contribution is -2.40. The Labute approximate surface area is 95.5 Å². The van der Waals surface area contributed by atoms with Gasteiger partial charge in [0.05, 0.1) is 30.2 Å². The van der Waals surface area contributed by atoms with Crippen LogP contribution in [0.1, 0.15) is 31.2 Å². The molecule has 3 N–H and O–H groups in total. The van der Waals surface area contributed by atoms with E-state index in [1.54, 1.807) is 12.4 Å². The minimum Gasteiger partial charge on any atom is -0.349 e. The number of hydrogen-bond acceptors (Lipinski definition) is 4. The lowest BCUT2D eigenvalue weighted by Gasteiger charge is -2.10. The fourth-order valence-electron chi connectivity index (χ4n) is 1.26. The van der Waals surface area contributed by atoms with Gasteiger partial charge < -0.3 is 11.1 Å². The predicted octanol–water partition coefficient (Wildman–Crippen LogP) is 0.529. The molecular formula is C11H18N4O. The Morgan fingerprint density at radius 2 is 2.25 bits per heavy atom. The molecule has 1 rings (SSSR count). The highest BCUT2D eigenvalue weighted by molar-refractivity contribution is 5.81. The molecule has 0 aliphatic carbocycles. The van der Waals surface area contributed by atoms with E-state index >= 15 is 0 Å². The van der Waals surface area contributed by atoms with Crippen molar-refractivity contribution in [3.05, 3.63) is 23.8 Å². The molecule has 1 atom stereocenters. The minimum atomic E-state index is -0.427. The standard InChI is InChI=1S/C11H18N4O/c1-3-4-10(12)11(16)15-7-9-6-13-8(2)5-14-9/h5-6,10H,3-4,7,12H2,1-2H3,(H,15,16)/t10-/m1/s1. The molecule has 0 bridgehead atoms. The van der Waals surface area contributed by atoms with Crippen molar-refractivity contribution in [1.29, 1.82) is 0 Å². The van der Waals surface area contributed by atoms with Crippen LogP contribution in [-0.4, -0.2) is 21.9 Å². The third-order valence-corrected chi connectivity index (χ3v) is 2.21. The first-order chi connectivity index (χ1) is 7.63. The van der Waals surface area contributed by atoms with E-state index in [4.69, 9.17) is 5.73 Å². The highest BCUT2D eigenvalue weighted by Crippen LogP contribution is 1.96. The molecule has 5 nitrogen and oxygen atoms in total. The van der Waals surface area contributed by atoms with Gasteiger partial charge in [-0.05, 0) is 13.3 Å². The van der Waals surface area contributed by atoms with Crippen molar-refractivity contribution in [2.45, 2.75) is 39.3 Å². The summed E-state index contributed by atoms with van der Waals surface area (Å²) in [5.74, 6) is -0.135. The van der Waals surface area contributed by atoms with Gasteiger partial charge in [-0.15, -0.1) is 0 Å². The van der Waals surface area contributed by atoms with Crippen LogP contribution in [0.25, 0.3) is 0 Å². The third kappa shape index (κ3) is 3.94. The van der Waals surface area contributed by atoms with Crippen molar-refractivity contribution < 1.29 is 4.79 Å². The van der Waals surface area contributed by atoms with Crippen LogP contribution in [0.5, 0.6) is 0 Å². The zero-order valence-electron chi connectivity index (χ0n) is 9.73. The summed E-state index contributed by atoms with van der Waals surface area (Å²) in [4.78, 5) is 19.7. The summed E-state index contributed by atoms with van der Waals surface area (Å²) in [6.45, 7) is 4.24. The third-order valence-electron chi connectivity index (χ3n) is 2.21. The van der Waals surface area contributed by atoms with Crippen molar-refractivity contribution in [3.63, 3.8) is 0 Å². The number of carbonyl (C=O) groups excluding carboxylic acids is 1. The molecule has 0 saturated carbocycles. The quantitative estimate of drug-likeness (QED) is 0.761. The molecule has 1 heterocycles. The molecule has 0 unspecified atom stereocenters. The maximum absolute atomic E-state index is 11.5. The number of nitrogens with one attached hydrogen (secondary N) is 1. The lowest BCUT2D eigenvalue weighted by molar-refractivity contribution is -0.122. The number of aromatic nitrogens is 2. The van der Waals surface area contributed by atoms with Crippen LogP contribution in [0.2, 0.25) is 0 Å². The molecule has 1 aromatic rings. The van der Waals surface area contributed by atoms with Crippen molar-refractivity contribution >= 4 is 5.91 Å². The van der Waals surface area contributed by atoms with E-state index in [1.165, 1.54) is 0 Å². The largest absolute Gasteiger partial charge is 0.349 e. The molecule has 1 amide bonds. The molecule has 1 aromatic heterocycles. The average molecular weight is 222 g/mol. The van der Waals surface area contributed by atoms with Gasteiger partial charge in [0, 0.05) is 6.20 Å². The molecule has 0 aliphatic rings. The Kier molecular flexibility index (Phi) is 4.85. The van der Waals surface area contributed by atoms with E-state index < -0.39 is 6.04 Å². The molecule has 88 valence electrons. The number of hydrogen-bond donors (Lipinski definition) is 2. The molecular weight excluding hydrogens is 204 g/mol. The maximum Gasteiger partial charge on any atom is 0.237 e. The summed E-state index contributed by atoms with van der Waals surface area (Å²) in [7, 11) is 0. The molecule has 0 fully saturated rings. The smallest absolute Gasteiger partial charge is 0.237 e. The van der Waals surface area contributed by atoms with Gasteiger partial charge in [-0.3, -0.25) is 14.8 Å². The fraction of sp³-hybridized carbons (Fsp3) is 0.545. The zero-order chi connectivity index (χ0) is 12.0. The summed E-state index contributed by atoms with van der Waals surface area (Å²) in [5, 5.41) is 2.74. The van der Waals surface area contributed by atoms with Gasteiger partial charge in [0.25, 0.3) is 0 Å². The summed E-state index contributed by atoms with van der Waals surface area (Å²) >= 11 is 0. The lowest BCUT2D eigenvalue weighted by atomic mass is 10.2. The highest BCUT2D eigenvalue weighted by atomic mass is 16.2. The van der Waals surface area contributed by atoms with Gasteiger partial charge in [-0.2, -0.15) is 0 Å². The Morgan fingerprint density at radius 3 is 2.81 bits per heavy atom. The van der Waals surface area contributed by atoms with E-state index in [2.05, 4.69) is 15.3 Å². The van der Waals surface area contributed by atoms with Crippen molar-refractivity contribution in [2.24, 2.45) is 5.73 Å². The second-order valence-corrected chi connectivity index (χ2v) is 3.76. The summed E-state index contributed by atoms with van der Waals surface area (Å²) < 4.78 is 0.